The minimum atomic E-state index is -3.20. The third-order valence-corrected chi connectivity index (χ3v) is 6.05. The van der Waals surface area contributed by atoms with E-state index >= 15 is 0 Å². The molecule has 7 heteroatoms. The first-order chi connectivity index (χ1) is 9.82. The molecule has 1 aliphatic heterocycles. The van der Waals surface area contributed by atoms with E-state index in [-0.39, 0.29) is 23.5 Å². The first-order valence-electron chi connectivity index (χ1n) is 6.68. The van der Waals surface area contributed by atoms with Crippen LogP contribution in [0.3, 0.4) is 0 Å². The van der Waals surface area contributed by atoms with Crippen LogP contribution in [0.1, 0.15) is 12.0 Å². The first-order valence-corrected chi connectivity index (χ1v) is 8.50. The second kappa shape index (κ2) is 5.98. The highest BCUT2D eigenvalue weighted by Gasteiger charge is 2.44. The number of aliphatic hydroxyl groups excluding tert-OH is 2. The quantitative estimate of drug-likeness (QED) is 0.846. The molecule has 1 unspecified atom stereocenters. The summed E-state index contributed by atoms with van der Waals surface area (Å²) in [5, 5.41) is 19.3. The van der Waals surface area contributed by atoms with Crippen LogP contribution in [-0.4, -0.2) is 43.4 Å². The zero-order chi connectivity index (χ0) is 15.7. The van der Waals surface area contributed by atoms with Crippen LogP contribution >= 0.6 is 0 Å². The van der Waals surface area contributed by atoms with Gasteiger partial charge in [-0.25, -0.2) is 17.2 Å². The molecule has 0 aliphatic carbocycles. The second-order valence-electron chi connectivity index (χ2n) is 5.69. The molecule has 0 amide bonds. The Hall–Kier alpha value is -1.05. The van der Waals surface area contributed by atoms with Gasteiger partial charge in [-0.2, -0.15) is 0 Å². The number of benzene rings is 1. The molecule has 1 saturated heterocycles. The maximum Gasteiger partial charge on any atom is 0.150 e. The predicted octanol–water partition coefficient (Wildman–Crippen LogP) is 0.913. The third-order valence-electron chi connectivity index (χ3n) is 4.28. The Kier molecular flexibility index (Phi) is 4.65. The van der Waals surface area contributed by atoms with Crippen LogP contribution in [0.15, 0.2) is 18.2 Å². The van der Waals surface area contributed by atoms with E-state index in [2.05, 4.69) is 0 Å². The number of sulfone groups is 1. The maximum atomic E-state index is 13.8. The minimum Gasteiger partial charge on any atom is -0.396 e. The summed E-state index contributed by atoms with van der Waals surface area (Å²) in [4.78, 5) is 0. The molecule has 2 N–H and O–H groups in total. The molecule has 1 aromatic rings. The van der Waals surface area contributed by atoms with E-state index in [1.807, 2.05) is 0 Å². The molecular formula is C14H18F2O4S. The van der Waals surface area contributed by atoms with Crippen molar-refractivity contribution in [2.75, 3.05) is 24.7 Å². The average Bonchev–Trinajstić information content (AvgIpc) is 2.81. The monoisotopic (exact) mass is 320 g/mol. The summed E-state index contributed by atoms with van der Waals surface area (Å²) in [5.41, 5.74) is -1.14. The van der Waals surface area contributed by atoms with Crippen LogP contribution in [-0.2, 0) is 16.3 Å². The minimum absolute atomic E-state index is 0.00888. The molecule has 21 heavy (non-hydrogen) atoms. The average molecular weight is 320 g/mol. The number of halogens is 2. The van der Waals surface area contributed by atoms with Gasteiger partial charge in [-0.05, 0) is 42.5 Å². The van der Waals surface area contributed by atoms with E-state index in [4.69, 9.17) is 0 Å². The Bertz CT molecular complexity index is 611. The van der Waals surface area contributed by atoms with Crippen molar-refractivity contribution < 1.29 is 27.4 Å². The van der Waals surface area contributed by atoms with Crippen molar-refractivity contribution in [2.45, 2.75) is 12.8 Å². The molecule has 0 spiro atoms. The first kappa shape index (κ1) is 16.3. The van der Waals surface area contributed by atoms with E-state index < -0.39 is 46.0 Å². The topological polar surface area (TPSA) is 74.6 Å². The van der Waals surface area contributed by atoms with Crippen molar-refractivity contribution in [1.82, 2.24) is 0 Å². The molecule has 1 aliphatic rings. The zero-order valence-electron chi connectivity index (χ0n) is 11.4. The lowest BCUT2D eigenvalue weighted by molar-refractivity contribution is 0.0118. The largest absolute Gasteiger partial charge is 0.396 e. The second-order valence-corrected chi connectivity index (χ2v) is 7.92. The fraction of sp³-hybridized carbons (Fsp3) is 0.571. The summed E-state index contributed by atoms with van der Waals surface area (Å²) in [5.74, 6) is -1.88. The highest BCUT2D eigenvalue weighted by atomic mass is 32.2. The molecule has 1 heterocycles. The lowest BCUT2D eigenvalue weighted by Gasteiger charge is -2.35. The molecule has 0 aromatic heterocycles. The number of hydrogen-bond acceptors (Lipinski definition) is 4. The smallest absolute Gasteiger partial charge is 0.150 e. The Labute approximate surface area is 122 Å². The summed E-state index contributed by atoms with van der Waals surface area (Å²) in [7, 11) is -3.20. The summed E-state index contributed by atoms with van der Waals surface area (Å²) >= 11 is 0. The van der Waals surface area contributed by atoms with Crippen LogP contribution in [0, 0.1) is 23.0 Å². The van der Waals surface area contributed by atoms with Crippen molar-refractivity contribution in [3.8, 4) is 0 Å². The Morgan fingerprint density at radius 2 is 1.90 bits per heavy atom. The van der Waals surface area contributed by atoms with Crippen LogP contribution in [0.25, 0.3) is 0 Å². The zero-order valence-corrected chi connectivity index (χ0v) is 12.2. The molecular weight excluding hydrogens is 302 g/mol. The summed E-state index contributed by atoms with van der Waals surface area (Å²) < 4.78 is 50.2. The standard InChI is InChI=1S/C14H18F2O4S/c15-12-1-2-13(16)10(5-12)6-14(8-17,9-18)11-3-4-21(19,20)7-11/h1-2,5,11,17-18H,3-4,6-9H2. The molecule has 2 rings (SSSR count). The fourth-order valence-electron chi connectivity index (χ4n) is 2.90. The van der Waals surface area contributed by atoms with Gasteiger partial charge in [0.15, 0.2) is 9.84 Å². The molecule has 0 radical (unpaired) electrons. The third kappa shape index (κ3) is 3.41. The van der Waals surface area contributed by atoms with Crippen molar-refractivity contribution in [3.05, 3.63) is 35.4 Å². The SMILES string of the molecule is O=S1(=O)CCC(C(CO)(CO)Cc2cc(F)ccc2F)C1. The van der Waals surface area contributed by atoms with Gasteiger partial charge in [0.25, 0.3) is 0 Å². The van der Waals surface area contributed by atoms with Gasteiger partial charge in [-0.1, -0.05) is 0 Å². The van der Waals surface area contributed by atoms with Crippen LogP contribution < -0.4 is 0 Å². The molecule has 4 nitrogen and oxygen atoms in total. The van der Waals surface area contributed by atoms with Gasteiger partial charge in [0.1, 0.15) is 11.6 Å². The van der Waals surface area contributed by atoms with Gasteiger partial charge in [-0.3, -0.25) is 0 Å². The van der Waals surface area contributed by atoms with E-state index in [0.29, 0.717) is 6.42 Å². The summed E-state index contributed by atoms with van der Waals surface area (Å²) in [6.07, 6.45) is 0.199. The van der Waals surface area contributed by atoms with E-state index in [9.17, 15) is 27.4 Å². The molecule has 0 bridgehead atoms. The number of rotatable bonds is 5. The van der Waals surface area contributed by atoms with Gasteiger partial charge >= 0.3 is 0 Å². The predicted molar refractivity (Wildman–Crippen MR) is 73.4 cm³/mol. The van der Waals surface area contributed by atoms with E-state index in [1.54, 1.807) is 0 Å². The molecule has 0 saturated carbocycles. The number of aliphatic hydroxyl groups is 2. The maximum absolute atomic E-state index is 13.8. The van der Waals surface area contributed by atoms with Gasteiger partial charge in [-0.15, -0.1) is 0 Å². The lowest BCUT2D eigenvalue weighted by atomic mass is 9.72. The van der Waals surface area contributed by atoms with Gasteiger partial charge < -0.3 is 10.2 Å². The molecule has 118 valence electrons. The Balaban J connectivity index is 2.32. The van der Waals surface area contributed by atoms with Crippen molar-refractivity contribution in [1.29, 1.82) is 0 Å². The molecule has 1 atom stereocenters. The van der Waals surface area contributed by atoms with Crippen molar-refractivity contribution in [2.24, 2.45) is 11.3 Å². The van der Waals surface area contributed by atoms with Crippen LogP contribution in [0.4, 0.5) is 8.78 Å². The fourth-order valence-corrected chi connectivity index (χ4v) is 4.84. The van der Waals surface area contributed by atoms with E-state index in [1.165, 1.54) is 0 Å². The normalized spacial score (nSPS) is 21.6. The van der Waals surface area contributed by atoms with Crippen LogP contribution in [0.5, 0.6) is 0 Å². The van der Waals surface area contributed by atoms with Gasteiger partial charge in [0, 0.05) is 5.41 Å². The molecule has 1 aromatic carbocycles. The van der Waals surface area contributed by atoms with Crippen LogP contribution in [0.2, 0.25) is 0 Å². The van der Waals surface area contributed by atoms with Crippen molar-refractivity contribution in [3.63, 3.8) is 0 Å². The van der Waals surface area contributed by atoms with Gasteiger partial charge in [0.2, 0.25) is 0 Å². The highest BCUT2D eigenvalue weighted by Crippen LogP contribution is 2.39. The molecule has 1 fully saturated rings. The highest BCUT2D eigenvalue weighted by molar-refractivity contribution is 7.91. The van der Waals surface area contributed by atoms with E-state index in [0.717, 1.165) is 18.2 Å². The Morgan fingerprint density at radius 1 is 1.24 bits per heavy atom. The van der Waals surface area contributed by atoms with Gasteiger partial charge in [0.05, 0.1) is 24.7 Å². The Morgan fingerprint density at radius 3 is 2.43 bits per heavy atom. The summed E-state index contributed by atoms with van der Waals surface area (Å²) in [6, 6.07) is 2.98. The summed E-state index contributed by atoms with van der Waals surface area (Å²) in [6.45, 7) is -0.973. The number of hydrogen-bond donors (Lipinski definition) is 2. The van der Waals surface area contributed by atoms with Crippen molar-refractivity contribution >= 4 is 9.84 Å². The lowest BCUT2D eigenvalue weighted by Crippen LogP contribution is -2.41.